The van der Waals surface area contributed by atoms with E-state index in [0.29, 0.717) is 18.1 Å². The first-order valence-electron chi connectivity index (χ1n) is 11.4. The number of hydrogen-bond acceptors (Lipinski definition) is 4. The Kier molecular flexibility index (Phi) is 9.29. The van der Waals surface area contributed by atoms with Gasteiger partial charge in [0.1, 0.15) is 5.75 Å². The van der Waals surface area contributed by atoms with Crippen molar-refractivity contribution in [2.45, 2.75) is 78.7 Å². The van der Waals surface area contributed by atoms with Gasteiger partial charge in [0.05, 0.1) is 7.11 Å². The van der Waals surface area contributed by atoms with Crippen LogP contribution in [-0.2, 0) is 22.4 Å². The van der Waals surface area contributed by atoms with Gasteiger partial charge in [0.25, 0.3) is 0 Å². The van der Waals surface area contributed by atoms with Gasteiger partial charge < -0.3 is 9.47 Å². The number of rotatable bonds is 11. The molecule has 1 unspecified atom stereocenters. The Labute approximate surface area is 187 Å². The number of carbonyl (C=O) groups excluding carboxylic acids is 2. The summed E-state index contributed by atoms with van der Waals surface area (Å²) in [5.41, 5.74) is 4.62. The van der Waals surface area contributed by atoms with Crippen LogP contribution in [-0.4, -0.2) is 18.9 Å². The number of hydrogen-bond donors (Lipinski definition) is 0. The Bertz CT molecular complexity index is 854. The van der Waals surface area contributed by atoms with Crippen LogP contribution in [0.25, 0.3) is 0 Å². The fraction of sp³-hybridized carbons (Fsp3) is 0.481. The third-order valence-electron chi connectivity index (χ3n) is 5.48. The molecule has 1 atom stereocenters. The standard InChI is InChI=1S/C27H36O4/c1-7-10-21-16-23(24(28)9-3)17-22(11-8-2)25(21)31-26(27(29)30-6)20-14-12-19(13-15-20)18(4)5/h12-18,26H,7-11H2,1-6H3. The molecule has 4 heteroatoms. The van der Waals surface area contributed by atoms with E-state index in [-0.39, 0.29) is 5.78 Å². The van der Waals surface area contributed by atoms with E-state index in [1.54, 1.807) is 0 Å². The largest absolute Gasteiger partial charge is 0.473 e. The predicted octanol–water partition coefficient (Wildman–Crippen LogP) is 6.60. The molecule has 0 N–H and O–H groups in total. The highest BCUT2D eigenvalue weighted by atomic mass is 16.6. The molecule has 2 aromatic carbocycles. The van der Waals surface area contributed by atoms with E-state index >= 15 is 0 Å². The van der Waals surface area contributed by atoms with Crippen LogP contribution < -0.4 is 4.74 Å². The fourth-order valence-corrected chi connectivity index (χ4v) is 3.71. The van der Waals surface area contributed by atoms with Gasteiger partial charge >= 0.3 is 5.97 Å². The van der Waals surface area contributed by atoms with Crippen molar-refractivity contribution >= 4 is 11.8 Å². The van der Waals surface area contributed by atoms with E-state index < -0.39 is 12.1 Å². The first-order valence-corrected chi connectivity index (χ1v) is 11.4. The summed E-state index contributed by atoms with van der Waals surface area (Å²) in [6.07, 6.45) is 2.98. The van der Waals surface area contributed by atoms with Gasteiger partial charge in [-0.25, -0.2) is 4.79 Å². The monoisotopic (exact) mass is 424 g/mol. The Morgan fingerprint density at radius 3 is 1.81 bits per heavy atom. The Balaban J connectivity index is 2.55. The van der Waals surface area contributed by atoms with Gasteiger partial charge in [0.15, 0.2) is 5.78 Å². The van der Waals surface area contributed by atoms with Crippen molar-refractivity contribution in [3.63, 3.8) is 0 Å². The van der Waals surface area contributed by atoms with E-state index in [0.717, 1.165) is 47.9 Å². The number of esters is 1. The molecule has 0 fully saturated rings. The first-order chi connectivity index (χ1) is 14.9. The number of aryl methyl sites for hydroxylation is 2. The summed E-state index contributed by atoms with van der Waals surface area (Å²) < 4.78 is 11.5. The van der Waals surface area contributed by atoms with Crippen molar-refractivity contribution in [3.05, 3.63) is 64.2 Å². The van der Waals surface area contributed by atoms with Gasteiger partial charge in [-0.05, 0) is 47.6 Å². The van der Waals surface area contributed by atoms with Crippen LogP contribution in [0.15, 0.2) is 36.4 Å². The van der Waals surface area contributed by atoms with E-state index in [4.69, 9.17) is 9.47 Å². The Hall–Kier alpha value is -2.62. The minimum atomic E-state index is -0.856. The number of ether oxygens (including phenoxy) is 2. The lowest BCUT2D eigenvalue weighted by atomic mass is 9.95. The molecule has 0 aromatic heterocycles. The summed E-state index contributed by atoms with van der Waals surface area (Å²) in [5.74, 6) is 0.799. The van der Waals surface area contributed by atoms with Gasteiger partial charge in [-0.1, -0.05) is 71.7 Å². The molecule has 0 aliphatic heterocycles. The maximum absolute atomic E-state index is 12.7. The van der Waals surface area contributed by atoms with Crippen LogP contribution in [0.1, 0.15) is 98.5 Å². The topological polar surface area (TPSA) is 52.6 Å². The molecule has 0 aliphatic carbocycles. The number of benzene rings is 2. The third-order valence-corrected chi connectivity index (χ3v) is 5.48. The van der Waals surface area contributed by atoms with Crippen LogP contribution in [0.5, 0.6) is 5.75 Å². The zero-order valence-corrected chi connectivity index (χ0v) is 19.8. The maximum atomic E-state index is 12.7. The average Bonchev–Trinajstić information content (AvgIpc) is 2.77. The number of carbonyl (C=O) groups is 2. The maximum Gasteiger partial charge on any atom is 0.351 e. The van der Waals surface area contributed by atoms with Gasteiger partial charge in [0.2, 0.25) is 6.10 Å². The molecule has 4 nitrogen and oxygen atoms in total. The van der Waals surface area contributed by atoms with Crippen molar-refractivity contribution in [3.8, 4) is 5.75 Å². The third kappa shape index (κ3) is 6.19. The molecule has 0 bridgehead atoms. The number of ketones is 1. The van der Waals surface area contributed by atoms with Gasteiger partial charge in [0, 0.05) is 17.5 Å². The highest BCUT2D eigenvalue weighted by molar-refractivity contribution is 5.96. The zero-order chi connectivity index (χ0) is 23.0. The summed E-state index contributed by atoms with van der Waals surface area (Å²) in [5, 5.41) is 0. The van der Waals surface area contributed by atoms with Crippen molar-refractivity contribution in [2.24, 2.45) is 0 Å². The summed E-state index contributed by atoms with van der Waals surface area (Å²) in [6, 6.07) is 11.8. The van der Waals surface area contributed by atoms with E-state index in [1.165, 1.54) is 12.7 Å². The fourth-order valence-electron chi connectivity index (χ4n) is 3.71. The molecular weight excluding hydrogens is 388 g/mol. The summed E-state index contributed by atoms with van der Waals surface area (Å²) in [4.78, 5) is 25.1. The Morgan fingerprint density at radius 2 is 1.39 bits per heavy atom. The molecule has 0 saturated heterocycles. The zero-order valence-electron chi connectivity index (χ0n) is 19.8. The van der Waals surface area contributed by atoms with E-state index in [2.05, 4.69) is 27.7 Å². The van der Waals surface area contributed by atoms with Crippen molar-refractivity contribution in [1.82, 2.24) is 0 Å². The highest BCUT2D eigenvalue weighted by Crippen LogP contribution is 2.34. The highest BCUT2D eigenvalue weighted by Gasteiger charge is 2.26. The Morgan fingerprint density at radius 1 is 0.871 bits per heavy atom. The number of methoxy groups -OCH3 is 1. The van der Waals surface area contributed by atoms with E-state index in [9.17, 15) is 9.59 Å². The van der Waals surface area contributed by atoms with Crippen LogP contribution in [0.4, 0.5) is 0 Å². The second kappa shape index (κ2) is 11.7. The molecule has 31 heavy (non-hydrogen) atoms. The van der Waals surface area contributed by atoms with Crippen molar-refractivity contribution in [1.29, 1.82) is 0 Å². The minimum Gasteiger partial charge on any atom is -0.473 e. The second-order valence-electron chi connectivity index (χ2n) is 8.24. The molecule has 0 aliphatic rings. The SMILES string of the molecule is CCCc1cc(C(=O)CC)cc(CCC)c1OC(C(=O)OC)c1ccc(C(C)C)cc1. The lowest BCUT2D eigenvalue weighted by molar-refractivity contribution is -0.149. The van der Waals surface area contributed by atoms with Crippen LogP contribution in [0.2, 0.25) is 0 Å². The molecule has 0 radical (unpaired) electrons. The predicted molar refractivity (Wildman–Crippen MR) is 125 cm³/mol. The molecule has 2 rings (SSSR count). The quantitative estimate of drug-likeness (QED) is 0.301. The van der Waals surface area contributed by atoms with Crippen LogP contribution in [0.3, 0.4) is 0 Å². The van der Waals surface area contributed by atoms with Crippen LogP contribution >= 0.6 is 0 Å². The summed E-state index contributed by atoms with van der Waals surface area (Å²) in [6.45, 7) is 10.3. The first kappa shape index (κ1) is 24.6. The summed E-state index contributed by atoms with van der Waals surface area (Å²) >= 11 is 0. The molecule has 0 heterocycles. The van der Waals surface area contributed by atoms with Gasteiger partial charge in [-0.2, -0.15) is 0 Å². The van der Waals surface area contributed by atoms with Gasteiger partial charge in [-0.3, -0.25) is 4.79 Å². The molecule has 168 valence electrons. The van der Waals surface area contributed by atoms with Crippen molar-refractivity contribution < 1.29 is 19.1 Å². The molecule has 2 aromatic rings. The lowest BCUT2D eigenvalue weighted by Crippen LogP contribution is -2.22. The molecule has 0 amide bonds. The molecule has 0 saturated carbocycles. The number of Topliss-reactive ketones (excluding diaryl/α,β-unsaturated/α-hetero) is 1. The lowest BCUT2D eigenvalue weighted by Gasteiger charge is -2.23. The van der Waals surface area contributed by atoms with Gasteiger partial charge in [-0.15, -0.1) is 0 Å². The molecule has 0 spiro atoms. The summed E-state index contributed by atoms with van der Waals surface area (Å²) in [7, 11) is 1.38. The molecular formula is C27H36O4. The van der Waals surface area contributed by atoms with E-state index in [1.807, 2.05) is 43.3 Å². The second-order valence-corrected chi connectivity index (χ2v) is 8.24. The van der Waals surface area contributed by atoms with Crippen molar-refractivity contribution in [2.75, 3.05) is 7.11 Å². The smallest absolute Gasteiger partial charge is 0.351 e. The minimum absolute atomic E-state index is 0.120. The van der Waals surface area contributed by atoms with Crippen LogP contribution in [0, 0.1) is 0 Å². The average molecular weight is 425 g/mol. The normalized spacial score (nSPS) is 12.0.